The molecule has 0 spiro atoms. The molecular formula is C27H29F3N4O3. The zero-order chi connectivity index (χ0) is 26.3. The Hall–Kier alpha value is -2.82. The lowest BCUT2D eigenvalue weighted by molar-refractivity contribution is -0.172. The number of hydrogen-bond acceptors (Lipinski definition) is 7. The molecule has 1 saturated heterocycles. The van der Waals surface area contributed by atoms with Gasteiger partial charge in [-0.25, -0.2) is 0 Å². The number of alkyl halides is 3. The maximum atomic E-state index is 12.9. The topological polar surface area (TPSA) is 95.5 Å². The molecule has 37 heavy (non-hydrogen) atoms. The molecule has 7 nitrogen and oxygen atoms in total. The summed E-state index contributed by atoms with van der Waals surface area (Å²) in [6, 6.07) is 7.76. The summed E-state index contributed by atoms with van der Waals surface area (Å²) in [4.78, 5) is 11.1. The highest BCUT2D eigenvalue weighted by molar-refractivity contribution is 5.55. The van der Waals surface area contributed by atoms with Crippen molar-refractivity contribution in [3.05, 3.63) is 65.2 Å². The van der Waals surface area contributed by atoms with Crippen LogP contribution in [-0.4, -0.2) is 63.2 Å². The second-order valence-electron chi connectivity index (χ2n) is 11.8. The van der Waals surface area contributed by atoms with Gasteiger partial charge in [0.05, 0.1) is 12.0 Å². The van der Waals surface area contributed by atoms with Gasteiger partial charge in [-0.1, -0.05) is 36.3 Å². The van der Waals surface area contributed by atoms with Gasteiger partial charge >= 0.3 is 6.18 Å². The van der Waals surface area contributed by atoms with Crippen LogP contribution >= 0.6 is 0 Å². The average molecular weight is 515 g/mol. The maximum absolute atomic E-state index is 12.9. The lowest BCUT2D eigenvalue weighted by atomic mass is 9.35. The van der Waals surface area contributed by atoms with Gasteiger partial charge in [-0.15, -0.1) is 0 Å². The van der Waals surface area contributed by atoms with Crippen LogP contribution in [0.5, 0.6) is 0 Å². The predicted molar refractivity (Wildman–Crippen MR) is 127 cm³/mol. The van der Waals surface area contributed by atoms with Gasteiger partial charge in [-0.2, -0.15) is 18.2 Å². The molecule has 2 aromatic heterocycles. The fourth-order valence-corrected chi connectivity index (χ4v) is 7.05. The van der Waals surface area contributed by atoms with Gasteiger partial charge in [0.25, 0.3) is 5.89 Å². The second-order valence-corrected chi connectivity index (χ2v) is 11.8. The van der Waals surface area contributed by atoms with Crippen LogP contribution in [-0.2, 0) is 17.4 Å². The lowest BCUT2D eigenvalue weighted by Gasteiger charge is -2.68. The number of aliphatic hydroxyl groups is 2. The first-order valence-corrected chi connectivity index (χ1v) is 12.4. The molecule has 4 fully saturated rings. The number of aliphatic hydroxyl groups excluding tert-OH is 1. The van der Waals surface area contributed by atoms with Crippen LogP contribution in [0.3, 0.4) is 0 Å². The van der Waals surface area contributed by atoms with Crippen molar-refractivity contribution in [1.82, 2.24) is 20.0 Å². The Bertz CT molecular complexity index is 1310. The molecule has 3 saturated carbocycles. The van der Waals surface area contributed by atoms with Crippen molar-refractivity contribution in [2.24, 2.45) is 10.8 Å². The molecule has 0 radical (unpaired) electrons. The van der Waals surface area contributed by atoms with Crippen molar-refractivity contribution in [2.75, 3.05) is 26.7 Å². The first-order valence-electron chi connectivity index (χ1n) is 12.4. The molecule has 2 N–H and O–H groups in total. The van der Waals surface area contributed by atoms with E-state index in [2.05, 4.69) is 20.0 Å². The van der Waals surface area contributed by atoms with E-state index >= 15 is 0 Å². The number of hydrogen-bond donors (Lipinski definition) is 2. The first-order chi connectivity index (χ1) is 17.4. The number of aromatic nitrogens is 3. The molecule has 7 rings (SSSR count). The smallest absolute Gasteiger partial charge is 0.393 e. The van der Waals surface area contributed by atoms with Crippen LogP contribution in [0.1, 0.15) is 48.7 Å². The summed E-state index contributed by atoms with van der Waals surface area (Å²) in [5.74, 6) is 0.928. The van der Waals surface area contributed by atoms with Crippen molar-refractivity contribution in [1.29, 1.82) is 0 Å². The van der Waals surface area contributed by atoms with E-state index < -0.39 is 23.6 Å². The molecule has 3 heterocycles. The molecule has 10 heteroatoms. The summed E-state index contributed by atoms with van der Waals surface area (Å²) < 4.78 is 44.3. The molecule has 3 aromatic rings. The fraction of sp³-hybridized carbons (Fsp3) is 0.519. The van der Waals surface area contributed by atoms with Crippen molar-refractivity contribution >= 4 is 0 Å². The van der Waals surface area contributed by atoms with Gasteiger partial charge in [-0.05, 0) is 48.9 Å². The van der Waals surface area contributed by atoms with E-state index in [1.807, 2.05) is 14.0 Å². The van der Waals surface area contributed by atoms with Gasteiger partial charge in [0.2, 0.25) is 0 Å². The Labute approximate surface area is 212 Å². The summed E-state index contributed by atoms with van der Waals surface area (Å²) in [6.45, 7) is 3.33. The second kappa shape index (κ2) is 7.85. The highest BCUT2D eigenvalue weighted by Crippen LogP contribution is 2.72. The Morgan fingerprint density at radius 2 is 1.73 bits per heavy atom. The Kier molecular flexibility index (Phi) is 5.20. The van der Waals surface area contributed by atoms with Crippen LogP contribution in [0, 0.1) is 10.8 Å². The summed E-state index contributed by atoms with van der Waals surface area (Å²) in [6.07, 6.45) is 0.403. The van der Waals surface area contributed by atoms with Crippen molar-refractivity contribution in [3.63, 3.8) is 0 Å². The third-order valence-corrected chi connectivity index (χ3v) is 8.67. The molecule has 1 atom stereocenters. The number of nitrogens with zero attached hydrogens (tertiary/aromatic N) is 4. The minimum atomic E-state index is -4.31. The fourth-order valence-electron chi connectivity index (χ4n) is 7.05. The van der Waals surface area contributed by atoms with E-state index in [1.165, 1.54) is 12.1 Å². The van der Waals surface area contributed by atoms with E-state index in [1.54, 1.807) is 30.6 Å². The first kappa shape index (κ1) is 24.5. The summed E-state index contributed by atoms with van der Waals surface area (Å²) >= 11 is 0. The van der Waals surface area contributed by atoms with E-state index in [9.17, 15) is 23.4 Å². The van der Waals surface area contributed by atoms with Crippen LogP contribution in [0.15, 0.2) is 47.2 Å². The normalized spacial score (nSPS) is 28.1. The lowest BCUT2D eigenvalue weighted by Crippen LogP contribution is -2.66. The van der Waals surface area contributed by atoms with Gasteiger partial charge in [-0.3, -0.25) is 4.98 Å². The minimum absolute atomic E-state index is 0.0137. The zero-order valence-corrected chi connectivity index (χ0v) is 20.7. The zero-order valence-electron chi connectivity index (χ0n) is 20.7. The number of likely N-dealkylation sites (tertiary alicyclic amines) is 1. The molecule has 2 bridgehead atoms. The largest absolute Gasteiger partial charge is 0.396 e. The van der Waals surface area contributed by atoms with Crippen LogP contribution in [0.2, 0.25) is 0 Å². The number of halogens is 3. The molecule has 0 amide bonds. The van der Waals surface area contributed by atoms with Gasteiger partial charge < -0.3 is 19.6 Å². The predicted octanol–water partition coefficient (Wildman–Crippen LogP) is 3.84. The van der Waals surface area contributed by atoms with Gasteiger partial charge in [0.15, 0.2) is 5.82 Å². The molecular weight excluding hydrogens is 485 g/mol. The molecule has 3 aliphatic carbocycles. The van der Waals surface area contributed by atoms with Crippen LogP contribution < -0.4 is 0 Å². The highest BCUT2D eigenvalue weighted by atomic mass is 19.4. The van der Waals surface area contributed by atoms with Crippen molar-refractivity contribution in [2.45, 2.75) is 49.8 Å². The van der Waals surface area contributed by atoms with Crippen LogP contribution in [0.25, 0.3) is 11.5 Å². The summed E-state index contributed by atoms with van der Waals surface area (Å²) in [5, 5.41) is 26.1. The van der Waals surface area contributed by atoms with E-state index in [4.69, 9.17) is 4.52 Å². The third kappa shape index (κ3) is 3.72. The quantitative estimate of drug-likeness (QED) is 0.495. The molecule has 196 valence electrons. The number of benzene rings is 1. The monoisotopic (exact) mass is 514 g/mol. The van der Waals surface area contributed by atoms with Crippen molar-refractivity contribution < 1.29 is 27.9 Å². The van der Waals surface area contributed by atoms with Crippen LogP contribution in [0.4, 0.5) is 13.2 Å². The van der Waals surface area contributed by atoms with E-state index in [-0.39, 0.29) is 23.0 Å². The highest BCUT2D eigenvalue weighted by Gasteiger charge is 2.70. The average Bonchev–Trinajstić information content (AvgIpc) is 3.26. The number of pyridine rings is 1. The minimum Gasteiger partial charge on any atom is -0.396 e. The standard InChI is InChI=1S/C27H29F3N4O3/c1-23(14-34(2)15-23)27(36,19-5-3-17(4-6-19)8-26(28,29)30)20-7-18(9-31-10-20)21-32-22(33-37-21)25-11-24(12-25,13-25)16-35/h3-7,9-10,35-36H,8,11-16H2,1-2H3. The Balaban J connectivity index is 1.34. The SMILES string of the molecule is CN1CC(C)(C(O)(c2ccc(CC(F)(F)F)cc2)c2cncc(-c3nc(C45CC(CO)(C4)C5)no3)c2)C1. The Morgan fingerprint density at radius 1 is 1.05 bits per heavy atom. The van der Waals surface area contributed by atoms with E-state index in [0.717, 1.165) is 19.3 Å². The number of rotatable bonds is 7. The summed E-state index contributed by atoms with van der Waals surface area (Å²) in [7, 11) is 1.95. The third-order valence-electron chi connectivity index (χ3n) is 8.67. The molecule has 4 aliphatic rings. The Morgan fingerprint density at radius 3 is 2.32 bits per heavy atom. The van der Waals surface area contributed by atoms with Crippen molar-refractivity contribution in [3.8, 4) is 11.5 Å². The molecule has 1 aliphatic heterocycles. The molecule has 1 aromatic carbocycles. The van der Waals surface area contributed by atoms with Gasteiger partial charge in [0.1, 0.15) is 5.60 Å². The maximum Gasteiger partial charge on any atom is 0.393 e. The van der Waals surface area contributed by atoms with E-state index in [0.29, 0.717) is 41.5 Å². The van der Waals surface area contributed by atoms with Gasteiger partial charge in [0, 0.05) is 48.5 Å². The molecule has 1 unspecified atom stereocenters. The summed E-state index contributed by atoms with van der Waals surface area (Å²) in [5.41, 5.74) is -0.518.